The Hall–Kier alpha value is -4.13. The molecule has 2 aromatic carbocycles. The summed E-state index contributed by atoms with van der Waals surface area (Å²) >= 11 is 0. The molecule has 0 radical (unpaired) electrons. The van der Waals surface area contributed by atoms with E-state index < -0.39 is 11.7 Å². The third-order valence-electron chi connectivity index (χ3n) is 6.68. The average Bonchev–Trinajstić information content (AvgIpc) is 3.34. The monoisotopic (exact) mass is 535 g/mol. The predicted octanol–water partition coefficient (Wildman–Crippen LogP) is 2.20. The highest BCUT2D eigenvalue weighted by Crippen LogP contribution is 2.35. The molecule has 0 saturated carbocycles. The zero-order valence-electron chi connectivity index (χ0n) is 21.8. The zero-order chi connectivity index (χ0) is 27.2. The lowest BCUT2D eigenvalue weighted by Crippen LogP contribution is -2.44. The number of hydrogen-bond acceptors (Lipinski definition) is 9. The van der Waals surface area contributed by atoms with E-state index in [-0.39, 0.29) is 11.1 Å². The summed E-state index contributed by atoms with van der Waals surface area (Å²) in [7, 11) is 1.59. The Bertz CT molecular complexity index is 1410. The van der Waals surface area contributed by atoms with Crippen LogP contribution < -0.4 is 30.4 Å². The van der Waals surface area contributed by atoms with E-state index >= 15 is 0 Å². The van der Waals surface area contributed by atoms with E-state index in [9.17, 15) is 9.18 Å². The SMILES string of the molecule is COc1cc2c(NC3=C[N+](CC(N)=O)(c4cccc(F)c4)N=C3)ncnc2cc1OCCCN1CCNCC1. The number of methoxy groups -OCH3 is 1. The molecule has 11 nitrogen and oxygen atoms in total. The molecule has 1 aromatic heterocycles. The Balaban J connectivity index is 1.35. The molecule has 5 rings (SSSR count). The highest BCUT2D eigenvalue weighted by Gasteiger charge is 2.36. The lowest BCUT2D eigenvalue weighted by atomic mass is 10.2. The molecule has 204 valence electrons. The number of ether oxygens (including phenoxy) is 2. The van der Waals surface area contributed by atoms with E-state index in [2.05, 4.69) is 30.6 Å². The number of carbonyl (C=O) groups excluding carboxylic acids is 1. The molecule has 0 aliphatic carbocycles. The molecule has 1 unspecified atom stereocenters. The fourth-order valence-corrected chi connectivity index (χ4v) is 4.78. The van der Waals surface area contributed by atoms with Gasteiger partial charge in [-0.1, -0.05) is 11.2 Å². The minimum Gasteiger partial charge on any atom is -0.493 e. The number of allylic oxidation sites excluding steroid dienone is 1. The minimum absolute atomic E-state index is 0.168. The van der Waals surface area contributed by atoms with Gasteiger partial charge in [-0.15, -0.1) is 4.59 Å². The van der Waals surface area contributed by atoms with Crippen LogP contribution in [0.5, 0.6) is 11.5 Å². The summed E-state index contributed by atoms with van der Waals surface area (Å²) in [5, 5.41) is 11.8. The molecule has 39 heavy (non-hydrogen) atoms. The summed E-state index contributed by atoms with van der Waals surface area (Å²) in [6.07, 6.45) is 5.62. The molecular weight excluding hydrogens is 503 g/mol. The minimum atomic E-state index is -0.577. The Morgan fingerprint density at radius 3 is 2.82 bits per heavy atom. The summed E-state index contributed by atoms with van der Waals surface area (Å²) < 4.78 is 25.4. The van der Waals surface area contributed by atoms with Gasteiger partial charge in [0.2, 0.25) is 0 Å². The number of fused-ring (bicyclic) bond motifs is 1. The molecule has 0 spiro atoms. The molecule has 1 amide bonds. The number of anilines is 1. The van der Waals surface area contributed by atoms with Crippen LogP contribution in [0, 0.1) is 5.82 Å². The number of quaternary nitrogens is 1. The van der Waals surface area contributed by atoms with Crippen molar-refractivity contribution in [1.82, 2.24) is 24.8 Å². The van der Waals surface area contributed by atoms with Crippen molar-refractivity contribution in [2.24, 2.45) is 10.8 Å². The number of benzene rings is 2. The molecule has 12 heteroatoms. The third kappa shape index (κ3) is 6.14. The quantitative estimate of drug-likeness (QED) is 0.252. The van der Waals surface area contributed by atoms with Crippen LogP contribution in [0.4, 0.5) is 15.9 Å². The van der Waals surface area contributed by atoms with Crippen molar-refractivity contribution in [3.63, 3.8) is 0 Å². The van der Waals surface area contributed by atoms with Crippen molar-refractivity contribution in [3.05, 3.63) is 60.4 Å². The van der Waals surface area contributed by atoms with Crippen molar-refractivity contribution in [2.45, 2.75) is 6.42 Å². The lowest BCUT2D eigenvalue weighted by molar-refractivity contribution is -0.118. The van der Waals surface area contributed by atoms with Crippen molar-refractivity contribution in [3.8, 4) is 11.5 Å². The number of piperazine rings is 1. The van der Waals surface area contributed by atoms with Gasteiger partial charge in [0.1, 0.15) is 29.9 Å². The number of aromatic nitrogens is 2. The number of halogens is 1. The summed E-state index contributed by atoms with van der Waals surface area (Å²) in [6.45, 7) is 5.53. The van der Waals surface area contributed by atoms with Crippen LogP contribution in [0.2, 0.25) is 0 Å². The molecular formula is C27H32FN8O3+. The predicted molar refractivity (Wildman–Crippen MR) is 148 cm³/mol. The van der Waals surface area contributed by atoms with Gasteiger partial charge >= 0.3 is 0 Å². The van der Waals surface area contributed by atoms with Crippen molar-refractivity contribution in [1.29, 1.82) is 0 Å². The summed E-state index contributed by atoms with van der Waals surface area (Å²) in [6, 6.07) is 9.58. The van der Waals surface area contributed by atoms with Gasteiger partial charge in [0.15, 0.2) is 29.9 Å². The molecule has 4 N–H and O–H groups in total. The molecule has 2 aliphatic heterocycles. The molecule has 1 atom stereocenters. The second kappa shape index (κ2) is 11.7. The number of nitrogens with zero attached hydrogens (tertiary/aromatic N) is 5. The molecule has 2 aliphatic rings. The Morgan fingerprint density at radius 1 is 1.21 bits per heavy atom. The first-order valence-corrected chi connectivity index (χ1v) is 12.8. The van der Waals surface area contributed by atoms with Crippen molar-refractivity contribution >= 4 is 34.5 Å². The average molecular weight is 536 g/mol. The maximum atomic E-state index is 14.0. The van der Waals surface area contributed by atoms with Gasteiger partial charge in [-0.05, 0) is 18.6 Å². The lowest BCUT2D eigenvalue weighted by Gasteiger charge is -2.27. The van der Waals surface area contributed by atoms with Crippen molar-refractivity contribution in [2.75, 3.05) is 58.3 Å². The molecule has 1 fully saturated rings. The smallest absolute Gasteiger partial charge is 0.276 e. The summed E-state index contributed by atoms with van der Waals surface area (Å²) in [4.78, 5) is 23.1. The van der Waals surface area contributed by atoms with Gasteiger partial charge in [0.05, 0.1) is 19.2 Å². The van der Waals surface area contributed by atoms with E-state index in [0.717, 1.165) is 39.1 Å². The van der Waals surface area contributed by atoms with Crippen LogP contribution in [-0.2, 0) is 4.79 Å². The van der Waals surface area contributed by atoms with Crippen LogP contribution >= 0.6 is 0 Å². The molecule has 1 saturated heterocycles. The standard InChI is InChI=1S/C27H31FN8O3/c1-38-24-13-22-23(14-25(24)39-11-3-8-35-9-6-30-7-10-35)31-18-32-27(22)34-20-15-33-36(16-20,17-26(29)37)21-5-2-4-19(28)12-21/h2,4-5,12-16,18,30H,3,6-11,17H2,1H3,(H2-,29,31,32,34,37)/p+1. The topological polar surface area (TPSA) is 127 Å². The van der Waals surface area contributed by atoms with Crippen molar-refractivity contribution < 1.29 is 18.7 Å². The second-order valence-corrected chi connectivity index (χ2v) is 9.42. The van der Waals surface area contributed by atoms with Gasteiger partial charge < -0.3 is 30.7 Å². The normalized spacial score (nSPS) is 19.2. The van der Waals surface area contributed by atoms with E-state index in [1.54, 1.807) is 31.7 Å². The summed E-state index contributed by atoms with van der Waals surface area (Å²) in [5.74, 6) is 0.677. The van der Waals surface area contributed by atoms with E-state index in [1.807, 2.05) is 12.1 Å². The molecule has 3 aromatic rings. The second-order valence-electron chi connectivity index (χ2n) is 9.42. The van der Waals surface area contributed by atoms with Gasteiger partial charge in [0, 0.05) is 56.3 Å². The maximum absolute atomic E-state index is 14.0. The van der Waals surface area contributed by atoms with Gasteiger partial charge in [-0.2, -0.15) is 0 Å². The van der Waals surface area contributed by atoms with Crippen LogP contribution in [0.25, 0.3) is 10.9 Å². The number of rotatable bonds is 11. The van der Waals surface area contributed by atoms with E-state index in [4.69, 9.17) is 15.2 Å². The number of carbonyl (C=O) groups is 1. The Kier molecular flexibility index (Phi) is 7.96. The van der Waals surface area contributed by atoms with Gasteiger partial charge in [0.25, 0.3) is 5.91 Å². The largest absolute Gasteiger partial charge is 0.493 e. The first kappa shape index (κ1) is 26.5. The van der Waals surface area contributed by atoms with Gasteiger partial charge in [-0.25, -0.2) is 14.4 Å². The van der Waals surface area contributed by atoms with Gasteiger partial charge in [-0.3, -0.25) is 4.79 Å². The van der Waals surface area contributed by atoms with Crippen LogP contribution in [0.1, 0.15) is 6.42 Å². The number of nitrogens with one attached hydrogen (secondary N) is 2. The molecule has 0 bridgehead atoms. The Labute approximate surface area is 225 Å². The maximum Gasteiger partial charge on any atom is 0.276 e. The molecule has 3 heterocycles. The number of amides is 1. The van der Waals surface area contributed by atoms with E-state index in [0.29, 0.717) is 46.2 Å². The first-order valence-electron chi connectivity index (χ1n) is 12.8. The number of hydrogen-bond donors (Lipinski definition) is 3. The fraction of sp³-hybridized carbons (Fsp3) is 0.333. The summed E-state index contributed by atoms with van der Waals surface area (Å²) in [5.41, 5.74) is 7.21. The van der Waals surface area contributed by atoms with Crippen LogP contribution in [0.15, 0.2) is 59.7 Å². The van der Waals surface area contributed by atoms with E-state index in [1.165, 1.54) is 18.5 Å². The zero-order valence-corrected chi connectivity index (χ0v) is 21.8. The first-order chi connectivity index (χ1) is 19.0. The Morgan fingerprint density at radius 2 is 2.05 bits per heavy atom. The van der Waals surface area contributed by atoms with Crippen LogP contribution in [0.3, 0.4) is 0 Å². The van der Waals surface area contributed by atoms with Crippen LogP contribution in [-0.4, -0.2) is 80.0 Å². The third-order valence-corrected chi connectivity index (χ3v) is 6.68. The highest BCUT2D eigenvalue weighted by molar-refractivity contribution is 5.96. The number of nitrogens with two attached hydrogens (primary N) is 1. The number of primary amides is 1. The highest BCUT2D eigenvalue weighted by atomic mass is 19.1. The fourth-order valence-electron chi connectivity index (χ4n) is 4.78.